The van der Waals surface area contributed by atoms with Crippen LogP contribution in [0.2, 0.25) is 0 Å². The first kappa shape index (κ1) is 18.8. The quantitative estimate of drug-likeness (QED) is 0.603. The van der Waals surface area contributed by atoms with E-state index in [1.807, 2.05) is 13.1 Å². The van der Waals surface area contributed by atoms with Gasteiger partial charge >= 0.3 is 0 Å². The number of benzene rings is 1. The number of piperidine rings is 1. The van der Waals surface area contributed by atoms with E-state index in [0.29, 0.717) is 6.79 Å². The Morgan fingerprint density at radius 1 is 1.12 bits per heavy atom. The second-order valence-corrected chi connectivity index (χ2v) is 7.65. The standard InChI is InChI=1S/C20H32N4O2/c1-20(2,24-11-5-4-6-12-24)14-23-19(21-3)22-10-9-16-7-8-17-18(13-16)26-15-25-17/h7-8,13H,4-6,9-12,14-15H2,1-3H3,(H2,21,22,23). The summed E-state index contributed by atoms with van der Waals surface area (Å²) in [5, 5.41) is 6.90. The zero-order valence-electron chi connectivity index (χ0n) is 16.3. The van der Waals surface area contributed by atoms with Gasteiger partial charge in [-0.2, -0.15) is 0 Å². The van der Waals surface area contributed by atoms with Crippen LogP contribution in [0.1, 0.15) is 38.7 Å². The molecule has 0 unspecified atom stereocenters. The Bertz CT molecular complexity index is 624. The van der Waals surface area contributed by atoms with Gasteiger partial charge in [0.15, 0.2) is 17.5 Å². The van der Waals surface area contributed by atoms with E-state index < -0.39 is 0 Å². The summed E-state index contributed by atoms with van der Waals surface area (Å²) in [5.41, 5.74) is 1.36. The van der Waals surface area contributed by atoms with Crippen molar-refractivity contribution in [3.8, 4) is 11.5 Å². The highest BCUT2D eigenvalue weighted by Crippen LogP contribution is 2.32. The highest BCUT2D eigenvalue weighted by atomic mass is 16.7. The molecule has 1 aromatic carbocycles. The Morgan fingerprint density at radius 3 is 2.65 bits per heavy atom. The number of likely N-dealkylation sites (tertiary alicyclic amines) is 1. The third-order valence-electron chi connectivity index (χ3n) is 5.27. The summed E-state index contributed by atoms with van der Waals surface area (Å²) in [4.78, 5) is 6.94. The minimum atomic E-state index is 0.134. The molecule has 1 aromatic rings. The number of guanidine groups is 1. The fraction of sp³-hybridized carbons (Fsp3) is 0.650. The van der Waals surface area contributed by atoms with Gasteiger partial charge in [0.1, 0.15) is 0 Å². The molecule has 6 nitrogen and oxygen atoms in total. The number of hydrogen-bond donors (Lipinski definition) is 2. The summed E-state index contributed by atoms with van der Waals surface area (Å²) in [5.74, 6) is 2.53. The molecule has 6 heteroatoms. The maximum absolute atomic E-state index is 5.44. The van der Waals surface area contributed by atoms with Crippen LogP contribution in [0.5, 0.6) is 11.5 Å². The first-order valence-electron chi connectivity index (χ1n) is 9.66. The SMILES string of the molecule is CN=C(NCCc1ccc2c(c1)OCO2)NCC(C)(C)N1CCCCC1. The molecule has 0 saturated carbocycles. The third-order valence-corrected chi connectivity index (χ3v) is 5.27. The first-order chi connectivity index (χ1) is 12.6. The van der Waals surface area contributed by atoms with E-state index in [-0.39, 0.29) is 5.54 Å². The molecule has 1 saturated heterocycles. The Balaban J connectivity index is 1.43. The number of fused-ring (bicyclic) bond motifs is 1. The van der Waals surface area contributed by atoms with Crippen LogP contribution in [-0.2, 0) is 6.42 Å². The molecule has 0 aliphatic carbocycles. The second-order valence-electron chi connectivity index (χ2n) is 7.65. The van der Waals surface area contributed by atoms with Gasteiger partial charge in [-0.15, -0.1) is 0 Å². The monoisotopic (exact) mass is 360 g/mol. The lowest BCUT2D eigenvalue weighted by Crippen LogP contribution is -2.55. The zero-order valence-corrected chi connectivity index (χ0v) is 16.3. The van der Waals surface area contributed by atoms with Gasteiger partial charge in [0, 0.05) is 25.7 Å². The van der Waals surface area contributed by atoms with Crippen molar-refractivity contribution in [2.75, 3.05) is 40.0 Å². The van der Waals surface area contributed by atoms with Crippen LogP contribution in [0.15, 0.2) is 23.2 Å². The highest BCUT2D eigenvalue weighted by Gasteiger charge is 2.27. The number of hydrogen-bond acceptors (Lipinski definition) is 4. The van der Waals surface area contributed by atoms with Crippen molar-refractivity contribution < 1.29 is 9.47 Å². The molecule has 26 heavy (non-hydrogen) atoms. The van der Waals surface area contributed by atoms with Crippen LogP contribution >= 0.6 is 0 Å². The Morgan fingerprint density at radius 2 is 1.88 bits per heavy atom. The van der Waals surface area contributed by atoms with Crippen molar-refractivity contribution in [3.05, 3.63) is 23.8 Å². The summed E-state index contributed by atoms with van der Waals surface area (Å²) in [6.07, 6.45) is 4.90. The summed E-state index contributed by atoms with van der Waals surface area (Å²) in [7, 11) is 1.82. The molecule has 0 aromatic heterocycles. The maximum Gasteiger partial charge on any atom is 0.231 e. The number of ether oxygens (including phenoxy) is 2. The van der Waals surface area contributed by atoms with Crippen molar-refractivity contribution in [3.63, 3.8) is 0 Å². The number of nitrogens with zero attached hydrogens (tertiary/aromatic N) is 2. The summed E-state index contributed by atoms with van der Waals surface area (Å²) >= 11 is 0. The average Bonchev–Trinajstić information content (AvgIpc) is 3.13. The molecule has 0 spiro atoms. The van der Waals surface area contributed by atoms with Gasteiger partial charge < -0.3 is 20.1 Å². The summed E-state index contributed by atoms with van der Waals surface area (Å²) in [6.45, 7) is 9.05. The lowest BCUT2D eigenvalue weighted by molar-refractivity contribution is 0.0982. The molecule has 0 radical (unpaired) electrons. The van der Waals surface area contributed by atoms with Gasteiger partial charge in [-0.25, -0.2) is 0 Å². The molecule has 0 atom stereocenters. The minimum Gasteiger partial charge on any atom is -0.454 e. The van der Waals surface area contributed by atoms with E-state index in [4.69, 9.17) is 9.47 Å². The Kier molecular flexibility index (Phi) is 6.25. The predicted molar refractivity (Wildman–Crippen MR) is 105 cm³/mol. The molecule has 2 heterocycles. The van der Waals surface area contributed by atoms with E-state index in [2.05, 4.69) is 46.5 Å². The molecule has 3 rings (SSSR count). The van der Waals surface area contributed by atoms with Crippen molar-refractivity contribution in [1.82, 2.24) is 15.5 Å². The molecule has 2 aliphatic rings. The molecule has 0 bridgehead atoms. The molecule has 2 N–H and O–H groups in total. The predicted octanol–water partition coefficient (Wildman–Crippen LogP) is 2.39. The summed E-state index contributed by atoms with van der Waals surface area (Å²) < 4.78 is 10.8. The van der Waals surface area contributed by atoms with E-state index in [1.165, 1.54) is 37.9 Å². The zero-order chi connectivity index (χ0) is 18.4. The lowest BCUT2D eigenvalue weighted by Gasteiger charge is -2.41. The van der Waals surface area contributed by atoms with Gasteiger partial charge in [0.05, 0.1) is 0 Å². The molecule has 1 fully saturated rings. The van der Waals surface area contributed by atoms with E-state index >= 15 is 0 Å². The van der Waals surface area contributed by atoms with Gasteiger partial charge in [-0.05, 0) is 63.9 Å². The van der Waals surface area contributed by atoms with Gasteiger partial charge in [-0.1, -0.05) is 12.5 Å². The fourth-order valence-electron chi connectivity index (χ4n) is 3.55. The molecular weight excluding hydrogens is 328 g/mol. The van der Waals surface area contributed by atoms with Crippen LogP contribution in [0.3, 0.4) is 0 Å². The van der Waals surface area contributed by atoms with Crippen molar-refractivity contribution in [1.29, 1.82) is 0 Å². The van der Waals surface area contributed by atoms with E-state index in [0.717, 1.165) is 37.0 Å². The smallest absolute Gasteiger partial charge is 0.231 e. The van der Waals surface area contributed by atoms with Crippen LogP contribution in [0.4, 0.5) is 0 Å². The van der Waals surface area contributed by atoms with Crippen molar-refractivity contribution >= 4 is 5.96 Å². The molecule has 2 aliphatic heterocycles. The van der Waals surface area contributed by atoms with Crippen LogP contribution < -0.4 is 20.1 Å². The first-order valence-corrected chi connectivity index (χ1v) is 9.66. The number of rotatable bonds is 6. The average molecular weight is 361 g/mol. The topological polar surface area (TPSA) is 58.1 Å². The van der Waals surface area contributed by atoms with E-state index in [1.54, 1.807) is 0 Å². The second kappa shape index (κ2) is 8.62. The molecule has 0 amide bonds. The summed E-state index contributed by atoms with van der Waals surface area (Å²) in [6, 6.07) is 6.12. The van der Waals surface area contributed by atoms with Crippen molar-refractivity contribution in [2.45, 2.75) is 45.1 Å². The van der Waals surface area contributed by atoms with Crippen molar-refractivity contribution in [2.24, 2.45) is 4.99 Å². The number of nitrogens with one attached hydrogen (secondary N) is 2. The van der Waals surface area contributed by atoms with Crippen LogP contribution in [-0.4, -0.2) is 56.4 Å². The maximum atomic E-state index is 5.44. The molecular formula is C20H32N4O2. The Labute approximate surface area is 157 Å². The third kappa shape index (κ3) is 4.81. The molecule has 144 valence electrons. The minimum absolute atomic E-state index is 0.134. The van der Waals surface area contributed by atoms with Crippen LogP contribution in [0, 0.1) is 0 Å². The normalized spacial score (nSPS) is 18.0. The van der Waals surface area contributed by atoms with Gasteiger partial charge in [0.2, 0.25) is 6.79 Å². The largest absolute Gasteiger partial charge is 0.454 e. The van der Waals surface area contributed by atoms with Gasteiger partial charge in [-0.3, -0.25) is 9.89 Å². The lowest BCUT2D eigenvalue weighted by atomic mass is 9.98. The number of aliphatic imine (C=N–C) groups is 1. The van der Waals surface area contributed by atoms with Gasteiger partial charge in [0.25, 0.3) is 0 Å². The Hall–Kier alpha value is -1.95. The van der Waals surface area contributed by atoms with Crippen LogP contribution in [0.25, 0.3) is 0 Å². The highest BCUT2D eigenvalue weighted by molar-refractivity contribution is 5.79. The van der Waals surface area contributed by atoms with E-state index in [9.17, 15) is 0 Å². The fourth-order valence-corrected chi connectivity index (χ4v) is 3.55.